The number of carbonyl (C=O) groups is 3. The lowest BCUT2D eigenvalue weighted by Gasteiger charge is -2.40. The lowest BCUT2D eigenvalue weighted by atomic mass is 9.84. The van der Waals surface area contributed by atoms with Crippen LogP contribution >= 0.6 is 0 Å². The highest BCUT2D eigenvalue weighted by molar-refractivity contribution is 6.09. The first-order valence-corrected chi connectivity index (χ1v) is 12.0. The van der Waals surface area contributed by atoms with E-state index in [2.05, 4.69) is 0 Å². The molecule has 0 unspecified atom stereocenters. The third-order valence-electron chi connectivity index (χ3n) is 6.63. The number of carbonyl (C=O) groups excluding carboxylic acids is 3. The molecule has 0 spiro atoms. The van der Waals surface area contributed by atoms with Crippen molar-refractivity contribution in [3.8, 4) is 5.75 Å². The van der Waals surface area contributed by atoms with Crippen molar-refractivity contribution in [3.05, 3.63) is 89.5 Å². The van der Waals surface area contributed by atoms with Crippen molar-refractivity contribution in [2.24, 2.45) is 0 Å². The summed E-state index contributed by atoms with van der Waals surface area (Å²) in [5.41, 5.74) is 3.26. The van der Waals surface area contributed by atoms with Crippen LogP contribution in [0.2, 0.25) is 0 Å². The third-order valence-corrected chi connectivity index (χ3v) is 6.63. The average Bonchev–Trinajstić information content (AvgIpc) is 2.92. The van der Waals surface area contributed by atoms with Gasteiger partial charge in [-0.1, -0.05) is 18.2 Å². The van der Waals surface area contributed by atoms with E-state index >= 15 is 0 Å². The van der Waals surface area contributed by atoms with Crippen LogP contribution < -0.4 is 14.5 Å². The molecule has 36 heavy (non-hydrogen) atoms. The average molecular weight is 487 g/mol. The van der Waals surface area contributed by atoms with Gasteiger partial charge in [-0.2, -0.15) is 0 Å². The van der Waals surface area contributed by atoms with Crippen LogP contribution in [0.1, 0.15) is 52.5 Å². The maximum Gasteiger partial charge on any atom is 0.337 e. The summed E-state index contributed by atoms with van der Waals surface area (Å²) in [4.78, 5) is 42.7. The van der Waals surface area contributed by atoms with Gasteiger partial charge in [0.15, 0.2) is 0 Å². The van der Waals surface area contributed by atoms with Crippen LogP contribution in [-0.2, 0) is 9.53 Å². The minimum Gasteiger partial charge on any atom is -0.497 e. The van der Waals surface area contributed by atoms with Crippen LogP contribution in [0.15, 0.2) is 72.8 Å². The Morgan fingerprint density at radius 1 is 0.917 bits per heavy atom. The number of fused-ring (bicyclic) bond motifs is 1. The second-order valence-electron chi connectivity index (χ2n) is 8.72. The number of nitrogens with zero attached hydrogens (tertiary/aromatic N) is 2. The molecule has 0 radical (unpaired) electrons. The molecule has 186 valence electrons. The van der Waals surface area contributed by atoms with E-state index in [4.69, 9.17) is 9.47 Å². The highest BCUT2D eigenvalue weighted by Gasteiger charge is 2.38. The van der Waals surface area contributed by atoms with Crippen molar-refractivity contribution in [3.63, 3.8) is 0 Å². The number of methoxy groups -OCH3 is 2. The Kier molecular flexibility index (Phi) is 7.38. The highest BCUT2D eigenvalue weighted by atomic mass is 16.5. The third kappa shape index (κ3) is 4.69. The molecule has 0 bridgehead atoms. The summed E-state index contributed by atoms with van der Waals surface area (Å²) in [6, 6.07) is 21.3. The van der Waals surface area contributed by atoms with E-state index in [1.807, 2.05) is 38.1 Å². The van der Waals surface area contributed by atoms with Gasteiger partial charge in [-0.15, -0.1) is 0 Å². The van der Waals surface area contributed by atoms with Crippen LogP contribution in [0.25, 0.3) is 0 Å². The predicted octanol–water partition coefficient (Wildman–Crippen LogP) is 5.06. The van der Waals surface area contributed by atoms with Gasteiger partial charge in [0, 0.05) is 29.5 Å². The van der Waals surface area contributed by atoms with E-state index in [9.17, 15) is 14.4 Å². The number of hydrogen-bond donors (Lipinski definition) is 0. The largest absolute Gasteiger partial charge is 0.497 e. The normalized spacial score (nSPS) is 16.6. The zero-order valence-corrected chi connectivity index (χ0v) is 20.9. The number of ether oxygens (including phenoxy) is 2. The summed E-state index contributed by atoms with van der Waals surface area (Å²) in [6.45, 7) is 4.36. The Bertz CT molecular complexity index is 1250. The minimum absolute atomic E-state index is 0.0424. The van der Waals surface area contributed by atoms with Crippen molar-refractivity contribution in [2.45, 2.75) is 32.2 Å². The van der Waals surface area contributed by atoms with Gasteiger partial charge in [0.1, 0.15) is 5.75 Å². The number of likely N-dealkylation sites (N-methyl/N-ethyl adjacent to an activating group) is 1. The molecule has 3 aromatic rings. The number of amides is 2. The zero-order valence-electron chi connectivity index (χ0n) is 20.9. The molecule has 1 aliphatic heterocycles. The number of rotatable bonds is 6. The highest BCUT2D eigenvalue weighted by Crippen LogP contribution is 2.40. The first-order valence-electron chi connectivity index (χ1n) is 12.0. The fourth-order valence-electron chi connectivity index (χ4n) is 4.78. The van der Waals surface area contributed by atoms with E-state index in [0.717, 1.165) is 11.3 Å². The molecule has 2 atom stereocenters. The van der Waals surface area contributed by atoms with Crippen LogP contribution in [0, 0.1) is 0 Å². The zero-order chi connectivity index (χ0) is 25.8. The standard InChI is InChI=1S/C29H30N2O5/c1-5-30(22-14-10-21(11-15-22)29(34)36-4)28(33)25-18-19(2)31(26-9-7-6-8-24(25)26)27(32)20-12-16-23(35-3)17-13-20/h6-17,19,25H,5,18H2,1-4H3/t19-,25-/m1/s1. The number of esters is 1. The first kappa shape index (κ1) is 25.0. The Labute approximate surface area is 211 Å². The lowest BCUT2D eigenvalue weighted by molar-refractivity contribution is -0.120. The summed E-state index contributed by atoms with van der Waals surface area (Å²) >= 11 is 0. The molecule has 7 nitrogen and oxygen atoms in total. The van der Waals surface area contributed by atoms with Gasteiger partial charge in [-0.3, -0.25) is 9.59 Å². The van der Waals surface area contributed by atoms with Crippen molar-refractivity contribution in [2.75, 3.05) is 30.6 Å². The van der Waals surface area contributed by atoms with Crippen LogP contribution in [-0.4, -0.2) is 44.6 Å². The summed E-state index contributed by atoms with van der Waals surface area (Å²) in [5.74, 6) is -0.305. The molecule has 2 amide bonds. The van der Waals surface area contributed by atoms with Crippen LogP contribution in [0.3, 0.4) is 0 Å². The Hall–Kier alpha value is -4.13. The number of anilines is 2. The Morgan fingerprint density at radius 2 is 1.56 bits per heavy atom. The van der Waals surface area contributed by atoms with Gasteiger partial charge in [-0.25, -0.2) is 4.79 Å². The fraction of sp³-hybridized carbons (Fsp3) is 0.276. The van der Waals surface area contributed by atoms with E-state index in [0.29, 0.717) is 35.5 Å². The number of benzene rings is 3. The van der Waals surface area contributed by atoms with Crippen molar-refractivity contribution in [1.29, 1.82) is 0 Å². The second kappa shape index (κ2) is 10.6. The number of para-hydroxylation sites is 1. The van der Waals surface area contributed by atoms with E-state index in [1.54, 1.807) is 65.4 Å². The molecule has 3 aromatic carbocycles. The van der Waals surface area contributed by atoms with Crippen LogP contribution in [0.4, 0.5) is 11.4 Å². The Morgan fingerprint density at radius 3 is 2.17 bits per heavy atom. The summed E-state index contributed by atoms with van der Waals surface area (Å²) in [6.07, 6.45) is 0.495. The van der Waals surface area contributed by atoms with E-state index in [-0.39, 0.29) is 17.9 Å². The van der Waals surface area contributed by atoms with Crippen LogP contribution in [0.5, 0.6) is 5.75 Å². The topological polar surface area (TPSA) is 76.2 Å². The molecule has 1 aliphatic rings. The molecule has 0 aromatic heterocycles. The van der Waals surface area contributed by atoms with E-state index in [1.165, 1.54) is 7.11 Å². The molecule has 4 rings (SSSR count). The maximum atomic E-state index is 13.8. The molecule has 7 heteroatoms. The smallest absolute Gasteiger partial charge is 0.337 e. The minimum atomic E-state index is -0.424. The summed E-state index contributed by atoms with van der Waals surface area (Å²) in [7, 11) is 2.92. The Balaban J connectivity index is 1.65. The molecule has 0 saturated heterocycles. The fourth-order valence-corrected chi connectivity index (χ4v) is 4.78. The number of hydrogen-bond acceptors (Lipinski definition) is 5. The van der Waals surface area contributed by atoms with Gasteiger partial charge in [-0.05, 0) is 80.4 Å². The maximum absolute atomic E-state index is 13.8. The molecule has 1 heterocycles. The van der Waals surface area contributed by atoms with Crippen molar-refractivity contribution < 1.29 is 23.9 Å². The molecule has 0 fully saturated rings. The molecule has 0 saturated carbocycles. The lowest BCUT2D eigenvalue weighted by Crippen LogP contribution is -2.46. The van der Waals surface area contributed by atoms with Gasteiger partial charge in [0.25, 0.3) is 5.91 Å². The molecular formula is C29H30N2O5. The van der Waals surface area contributed by atoms with E-state index < -0.39 is 11.9 Å². The van der Waals surface area contributed by atoms with Gasteiger partial charge < -0.3 is 19.3 Å². The second-order valence-corrected chi connectivity index (χ2v) is 8.72. The quantitative estimate of drug-likeness (QED) is 0.456. The summed E-state index contributed by atoms with van der Waals surface area (Å²) < 4.78 is 9.99. The first-order chi connectivity index (χ1) is 17.4. The molecule has 0 aliphatic carbocycles. The van der Waals surface area contributed by atoms with Crippen molar-refractivity contribution >= 4 is 29.2 Å². The van der Waals surface area contributed by atoms with Gasteiger partial charge >= 0.3 is 5.97 Å². The SMILES string of the molecule is CCN(C(=O)[C@@H]1C[C@@H](C)N(C(=O)c2ccc(OC)cc2)c2ccccc21)c1ccc(C(=O)OC)cc1. The monoisotopic (exact) mass is 486 g/mol. The van der Waals surface area contributed by atoms with Gasteiger partial charge in [0.2, 0.25) is 5.91 Å². The van der Waals surface area contributed by atoms with Crippen molar-refractivity contribution in [1.82, 2.24) is 0 Å². The molecule has 0 N–H and O–H groups in total. The molecular weight excluding hydrogens is 456 g/mol. The predicted molar refractivity (Wildman–Crippen MR) is 139 cm³/mol. The van der Waals surface area contributed by atoms with Gasteiger partial charge in [0.05, 0.1) is 25.7 Å². The summed E-state index contributed by atoms with van der Waals surface area (Å²) in [5, 5.41) is 0.